The minimum absolute atomic E-state index is 0.759. The first kappa shape index (κ1) is 21.2. The molecule has 0 aromatic heterocycles. The zero-order valence-electron chi connectivity index (χ0n) is 17.0. The van der Waals surface area contributed by atoms with Crippen LogP contribution in [0.3, 0.4) is 0 Å². The van der Waals surface area contributed by atoms with Crippen LogP contribution in [-0.2, 0) is 0 Å². The van der Waals surface area contributed by atoms with Crippen molar-refractivity contribution in [3.05, 3.63) is 0 Å². The first-order chi connectivity index (χ1) is 12.4. The summed E-state index contributed by atoms with van der Waals surface area (Å²) < 4.78 is 0. The minimum Gasteiger partial charge on any atom is -0.304 e. The number of nitrogens with one attached hydrogen (secondary N) is 2. The smallest absolute Gasteiger partial charge is 0.0456 e. The Morgan fingerprint density at radius 1 is 0.480 bits per heavy atom. The van der Waals surface area contributed by atoms with Gasteiger partial charge in [-0.15, -0.1) is 0 Å². The molecule has 0 heterocycles. The third kappa shape index (κ3) is 11.3. The molecule has 0 spiro atoms. The van der Waals surface area contributed by atoms with Crippen LogP contribution in [0.5, 0.6) is 0 Å². The van der Waals surface area contributed by atoms with E-state index in [1.165, 1.54) is 129 Å². The fraction of sp³-hybridized carbons (Fsp3) is 1.00. The molecule has 148 valence electrons. The lowest BCUT2D eigenvalue weighted by atomic mass is 9.92. The second-order valence-electron chi connectivity index (χ2n) is 8.86. The summed E-state index contributed by atoms with van der Waals surface area (Å²) in [5.41, 5.74) is 0. The molecular weight excluding hydrogens is 304 g/mol. The highest BCUT2D eigenvalue weighted by molar-refractivity contribution is 4.70. The molecule has 0 bridgehead atoms. The van der Waals surface area contributed by atoms with Crippen LogP contribution in [0.15, 0.2) is 0 Å². The van der Waals surface area contributed by atoms with Crippen molar-refractivity contribution in [2.45, 2.75) is 128 Å². The van der Waals surface area contributed by atoms with Gasteiger partial charge in [0.05, 0.1) is 0 Å². The largest absolute Gasteiger partial charge is 0.304 e. The summed E-state index contributed by atoms with van der Waals surface area (Å²) in [6, 6.07) is 0.759. The van der Waals surface area contributed by atoms with Gasteiger partial charge in [0.2, 0.25) is 0 Å². The Bertz CT molecular complexity index is 270. The van der Waals surface area contributed by atoms with Crippen LogP contribution in [0.2, 0.25) is 0 Å². The number of hydrogen-bond acceptors (Lipinski definition) is 2. The summed E-state index contributed by atoms with van der Waals surface area (Å²) in [5, 5.41) is 7.59. The Morgan fingerprint density at radius 2 is 0.880 bits per heavy atom. The Labute approximate surface area is 158 Å². The molecule has 0 atom stereocenters. The van der Waals surface area contributed by atoms with Gasteiger partial charge in [-0.3, -0.25) is 0 Å². The summed E-state index contributed by atoms with van der Waals surface area (Å²) in [6.07, 6.45) is 27.6. The molecule has 2 saturated carbocycles. The first-order valence-electron chi connectivity index (χ1n) is 11.9. The lowest BCUT2D eigenvalue weighted by Gasteiger charge is -2.22. The SMILES string of the molecule is C1CCCCC(CNCNC2CCCCCCCCCC2)CCCC1. The Kier molecular flexibility index (Phi) is 12.8. The molecule has 2 N–H and O–H groups in total. The van der Waals surface area contributed by atoms with Gasteiger partial charge in [0, 0.05) is 12.7 Å². The van der Waals surface area contributed by atoms with E-state index in [2.05, 4.69) is 10.6 Å². The third-order valence-corrected chi connectivity index (χ3v) is 6.53. The minimum atomic E-state index is 0.759. The van der Waals surface area contributed by atoms with Crippen molar-refractivity contribution in [1.29, 1.82) is 0 Å². The average Bonchev–Trinajstić information content (AvgIpc) is 2.70. The second-order valence-corrected chi connectivity index (χ2v) is 8.86. The first-order valence-corrected chi connectivity index (χ1v) is 11.9. The predicted octanol–water partition coefficient (Wildman–Crippen LogP) is 6.55. The van der Waals surface area contributed by atoms with Gasteiger partial charge < -0.3 is 10.6 Å². The highest BCUT2D eigenvalue weighted by atomic mass is 15.1. The Balaban J connectivity index is 1.58. The van der Waals surface area contributed by atoms with E-state index in [4.69, 9.17) is 0 Å². The van der Waals surface area contributed by atoms with E-state index in [-0.39, 0.29) is 0 Å². The van der Waals surface area contributed by atoms with Gasteiger partial charge in [-0.2, -0.15) is 0 Å². The van der Waals surface area contributed by atoms with E-state index >= 15 is 0 Å². The van der Waals surface area contributed by atoms with E-state index in [9.17, 15) is 0 Å². The highest BCUT2D eigenvalue weighted by Gasteiger charge is 2.11. The quantitative estimate of drug-likeness (QED) is 0.434. The van der Waals surface area contributed by atoms with Gasteiger partial charge >= 0.3 is 0 Å². The normalized spacial score (nSPS) is 24.5. The van der Waals surface area contributed by atoms with Crippen molar-refractivity contribution >= 4 is 0 Å². The maximum Gasteiger partial charge on any atom is 0.0456 e. The van der Waals surface area contributed by atoms with E-state index in [0.29, 0.717) is 0 Å². The number of hydrogen-bond donors (Lipinski definition) is 2. The Hall–Kier alpha value is -0.0800. The predicted molar refractivity (Wildman–Crippen MR) is 111 cm³/mol. The van der Waals surface area contributed by atoms with Crippen molar-refractivity contribution < 1.29 is 0 Å². The van der Waals surface area contributed by atoms with Crippen LogP contribution in [0, 0.1) is 5.92 Å². The van der Waals surface area contributed by atoms with E-state index in [0.717, 1.165) is 18.6 Å². The average molecular weight is 351 g/mol. The van der Waals surface area contributed by atoms with Crippen LogP contribution in [-0.4, -0.2) is 19.3 Å². The fourth-order valence-electron chi connectivity index (χ4n) is 4.78. The van der Waals surface area contributed by atoms with E-state index < -0.39 is 0 Å². The molecule has 2 nitrogen and oxygen atoms in total. The molecule has 25 heavy (non-hydrogen) atoms. The third-order valence-electron chi connectivity index (χ3n) is 6.53. The molecule has 0 aliphatic heterocycles. The van der Waals surface area contributed by atoms with Crippen molar-refractivity contribution in [3.8, 4) is 0 Å². The van der Waals surface area contributed by atoms with Crippen LogP contribution in [0.25, 0.3) is 0 Å². The molecule has 2 heteroatoms. The molecule has 0 radical (unpaired) electrons. The van der Waals surface area contributed by atoms with E-state index in [1.54, 1.807) is 0 Å². The lowest BCUT2D eigenvalue weighted by molar-refractivity contribution is 0.350. The molecule has 2 aliphatic rings. The van der Waals surface area contributed by atoms with Gasteiger partial charge in [-0.1, -0.05) is 96.3 Å². The maximum atomic E-state index is 3.84. The van der Waals surface area contributed by atoms with Gasteiger partial charge in [-0.25, -0.2) is 0 Å². The molecule has 0 amide bonds. The van der Waals surface area contributed by atoms with Crippen molar-refractivity contribution in [3.63, 3.8) is 0 Å². The molecular formula is C23H46N2. The van der Waals surface area contributed by atoms with Crippen LogP contribution < -0.4 is 10.6 Å². The summed E-state index contributed by atoms with van der Waals surface area (Å²) in [4.78, 5) is 0. The van der Waals surface area contributed by atoms with Crippen LogP contribution in [0.1, 0.15) is 122 Å². The number of rotatable bonds is 5. The molecule has 0 unspecified atom stereocenters. The monoisotopic (exact) mass is 350 g/mol. The van der Waals surface area contributed by atoms with E-state index in [1.807, 2.05) is 0 Å². The zero-order valence-corrected chi connectivity index (χ0v) is 17.0. The summed E-state index contributed by atoms with van der Waals surface area (Å²) in [6.45, 7) is 2.26. The van der Waals surface area contributed by atoms with Gasteiger partial charge in [0.25, 0.3) is 0 Å². The molecule has 2 fully saturated rings. The summed E-state index contributed by atoms with van der Waals surface area (Å²) in [5.74, 6) is 0.924. The van der Waals surface area contributed by atoms with Gasteiger partial charge in [-0.05, 0) is 38.1 Å². The summed E-state index contributed by atoms with van der Waals surface area (Å²) >= 11 is 0. The fourth-order valence-corrected chi connectivity index (χ4v) is 4.78. The molecule has 2 rings (SSSR count). The zero-order chi connectivity index (χ0) is 17.4. The molecule has 0 saturated heterocycles. The van der Waals surface area contributed by atoms with Crippen molar-refractivity contribution in [1.82, 2.24) is 10.6 Å². The topological polar surface area (TPSA) is 24.1 Å². The van der Waals surface area contributed by atoms with Crippen molar-refractivity contribution in [2.75, 3.05) is 13.2 Å². The second kappa shape index (κ2) is 15.0. The highest BCUT2D eigenvalue weighted by Crippen LogP contribution is 2.21. The van der Waals surface area contributed by atoms with Gasteiger partial charge in [0.1, 0.15) is 0 Å². The van der Waals surface area contributed by atoms with Gasteiger partial charge in [0.15, 0.2) is 0 Å². The standard InChI is InChI=1S/C23H46N2/c1-2-7-11-15-19-23(18-14-10-6-1)25-21-24-20-22-16-12-8-4-3-5-9-13-17-22/h22-25H,1-21H2. The van der Waals surface area contributed by atoms with Crippen molar-refractivity contribution in [2.24, 2.45) is 5.92 Å². The molecule has 0 aromatic carbocycles. The summed E-state index contributed by atoms with van der Waals surface area (Å²) in [7, 11) is 0. The lowest BCUT2D eigenvalue weighted by Crippen LogP contribution is -2.39. The molecule has 0 aromatic rings. The van der Waals surface area contributed by atoms with Crippen LogP contribution in [0.4, 0.5) is 0 Å². The van der Waals surface area contributed by atoms with Crippen LogP contribution >= 0.6 is 0 Å². The Morgan fingerprint density at radius 3 is 1.36 bits per heavy atom. The maximum absolute atomic E-state index is 3.84. The molecule has 2 aliphatic carbocycles.